The van der Waals surface area contributed by atoms with Crippen LogP contribution < -0.4 is 10.6 Å². The van der Waals surface area contributed by atoms with Crippen LogP contribution in [0.1, 0.15) is 18.9 Å². The third-order valence-corrected chi connectivity index (χ3v) is 3.85. The first-order chi connectivity index (χ1) is 8.88. The van der Waals surface area contributed by atoms with Gasteiger partial charge in [0.15, 0.2) is 0 Å². The maximum atomic E-state index is 11.9. The van der Waals surface area contributed by atoms with E-state index >= 15 is 0 Å². The zero-order valence-corrected chi connectivity index (χ0v) is 13.5. The highest BCUT2D eigenvalue weighted by Crippen LogP contribution is 2.30. The summed E-state index contributed by atoms with van der Waals surface area (Å²) >= 11 is 3.52. The van der Waals surface area contributed by atoms with E-state index in [0.717, 1.165) is 28.8 Å². The van der Waals surface area contributed by atoms with Crippen LogP contribution in [0.3, 0.4) is 0 Å². The first kappa shape index (κ1) is 15.8. The monoisotopic (exact) mass is 328 g/mol. The average molecular weight is 329 g/mol. The fourth-order valence-electron chi connectivity index (χ4n) is 1.63. The van der Waals surface area contributed by atoms with Crippen molar-refractivity contribution < 1.29 is 4.79 Å². The van der Waals surface area contributed by atoms with Crippen LogP contribution in [0.15, 0.2) is 10.7 Å². The molecule has 1 amide bonds. The minimum atomic E-state index is 0.0524. The summed E-state index contributed by atoms with van der Waals surface area (Å²) in [5, 5.41) is 0. The van der Waals surface area contributed by atoms with Gasteiger partial charge >= 0.3 is 0 Å². The predicted molar refractivity (Wildman–Crippen MR) is 82.3 cm³/mol. The minimum Gasteiger partial charge on any atom is -0.397 e. The Hall–Kier alpha value is -1.30. The van der Waals surface area contributed by atoms with Crippen molar-refractivity contribution in [1.82, 2.24) is 9.88 Å². The second-order valence-corrected chi connectivity index (χ2v) is 5.48. The molecule has 1 heterocycles. The van der Waals surface area contributed by atoms with Gasteiger partial charge in [0.05, 0.1) is 22.9 Å². The molecule has 0 aliphatic rings. The summed E-state index contributed by atoms with van der Waals surface area (Å²) in [4.78, 5) is 19.8. The minimum absolute atomic E-state index is 0.0524. The summed E-state index contributed by atoms with van der Waals surface area (Å²) in [6.07, 6.45) is 2.58. The van der Waals surface area contributed by atoms with Crippen LogP contribution in [0.2, 0.25) is 0 Å². The SMILES string of the molecule is CCCN(CC(=O)N(C)C)c1ncc(N)c(C)c1Br. The summed E-state index contributed by atoms with van der Waals surface area (Å²) in [6, 6.07) is 0. The van der Waals surface area contributed by atoms with Crippen LogP contribution in [0.5, 0.6) is 0 Å². The number of hydrogen-bond donors (Lipinski definition) is 1. The third-order valence-electron chi connectivity index (χ3n) is 2.90. The number of hydrogen-bond acceptors (Lipinski definition) is 4. The number of aromatic nitrogens is 1. The van der Waals surface area contributed by atoms with E-state index in [4.69, 9.17) is 5.73 Å². The molecule has 0 saturated carbocycles. The Balaban J connectivity index is 3.06. The lowest BCUT2D eigenvalue weighted by molar-refractivity contribution is -0.127. The van der Waals surface area contributed by atoms with Crippen molar-refractivity contribution in [3.05, 3.63) is 16.2 Å². The van der Waals surface area contributed by atoms with Gasteiger partial charge < -0.3 is 15.5 Å². The van der Waals surface area contributed by atoms with Gasteiger partial charge in [-0.05, 0) is 34.8 Å². The molecule has 0 aliphatic carbocycles. The zero-order valence-electron chi connectivity index (χ0n) is 11.9. The van der Waals surface area contributed by atoms with E-state index in [-0.39, 0.29) is 5.91 Å². The first-order valence-electron chi connectivity index (χ1n) is 6.24. The number of carbonyl (C=O) groups excluding carboxylic acids is 1. The van der Waals surface area contributed by atoms with Crippen LogP contribution in [0.25, 0.3) is 0 Å². The quantitative estimate of drug-likeness (QED) is 0.898. The van der Waals surface area contributed by atoms with E-state index in [0.29, 0.717) is 12.2 Å². The molecule has 6 heteroatoms. The molecule has 1 aromatic heterocycles. The van der Waals surface area contributed by atoms with Gasteiger partial charge in [0.1, 0.15) is 5.82 Å². The Morgan fingerprint density at radius 2 is 2.11 bits per heavy atom. The maximum absolute atomic E-state index is 11.9. The number of amides is 1. The molecule has 1 aromatic rings. The van der Waals surface area contributed by atoms with E-state index in [2.05, 4.69) is 27.8 Å². The Kier molecular flexibility index (Phi) is 5.60. The molecule has 106 valence electrons. The van der Waals surface area contributed by atoms with Crippen LogP contribution in [-0.4, -0.2) is 43.0 Å². The fourth-order valence-corrected chi connectivity index (χ4v) is 2.22. The van der Waals surface area contributed by atoms with Crippen molar-refractivity contribution in [2.75, 3.05) is 37.8 Å². The molecule has 19 heavy (non-hydrogen) atoms. The van der Waals surface area contributed by atoms with Gasteiger partial charge in [0.25, 0.3) is 0 Å². The summed E-state index contributed by atoms with van der Waals surface area (Å²) < 4.78 is 0.854. The van der Waals surface area contributed by atoms with E-state index in [1.807, 2.05) is 11.8 Å². The number of nitrogen functional groups attached to an aromatic ring is 1. The third kappa shape index (κ3) is 3.83. The molecule has 0 fully saturated rings. The van der Waals surface area contributed by atoms with Crippen molar-refractivity contribution in [3.8, 4) is 0 Å². The van der Waals surface area contributed by atoms with Crippen LogP contribution in [0.4, 0.5) is 11.5 Å². The van der Waals surface area contributed by atoms with Crippen LogP contribution in [0, 0.1) is 6.92 Å². The van der Waals surface area contributed by atoms with Crippen molar-refractivity contribution in [1.29, 1.82) is 0 Å². The van der Waals surface area contributed by atoms with Gasteiger partial charge in [-0.2, -0.15) is 0 Å². The summed E-state index contributed by atoms with van der Waals surface area (Å²) in [7, 11) is 3.51. The second kappa shape index (κ2) is 6.75. The molecule has 1 rings (SSSR count). The molecule has 0 saturated heterocycles. The first-order valence-corrected chi connectivity index (χ1v) is 7.03. The molecular weight excluding hydrogens is 308 g/mol. The number of anilines is 2. The number of carbonyl (C=O) groups is 1. The molecule has 0 bridgehead atoms. The highest BCUT2D eigenvalue weighted by atomic mass is 79.9. The van der Waals surface area contributed by atoms with E-state index in [1.165, 1.54) is 0 Å². The number of likely N-dealkylation sites (N-methyl/N-ethyl adjacent to an activating group) is 1. The number of nitrogens with two attached hydrogens (primary N) is 1. The molecular formula is C13H21BrN4O. The molecule has 0 radical (unpaired) electrons. The van der Waals surface area contributed by atoms with Crippen LogP contribution >= 0.6 is 15.9 Å². The average Bonchev–Trinajstić information content (AvgIpc) is 2.35. The van der Waals surface area contributed by atoms with Gasteiger partial charge in [0.2, 0.25) is 5.91 Å². The number of halogens is 1. The normalized spacial score (nSPS) is 10.4. The van der Waals surface area contributed by atoms with Crippen LogP contribution in [-0.2, 0) is 4.79 Å². The van der Waals surface area contributed by atoms with Crippen molar-refractivity contribution >= 4 is 33.3 Å². The maximum Gasteiger partial charge on any atom is 0.241 e. The molecule has 0 aliphatic heterocycles. The van der Waals surface area contributed by atoms with Gasteiger partial charge in [-0.1, -0.05) is 6.92 Å². The lowest BCUT2D eigenvalue weighted by atomic mass is 10.2. The highest BCUT2D eigenvalue weighted by Gasteiger charge is 2.17. The smallest absolute Gasteiger partial charge is 0.241 e. The van der Waals surface area contributed by atoms with E-state index in [1.54, 1.807) is 25.2 Å². The lowest BCUT2D eigenvalue weighted by Crippen LogP contribution is -2.37. The Bertz CT molecular complexity index is 462. The molecule has 0 spiro atoms. The number of pyridine rings is 1. The summed E-state index contributed by atoms with van der Waals surface area (Å²) in [6.45, 7) is 5.10. The van der Waals surface area contributed by atoms with E-state index < -0.39 is 0 Å². The van der Waals surface area contributed by atoms with Gasteiger partial charge in [-0.15, -0.1) is 0 Å². The molecule has 5 nitrogen and oxygen atoms in total. The second-order valence-electron chi connectivity index (χ2n) is 4.69. The standard InChI is InChI=1S/C13H21BrN4O/c1-5-6-18(8-11(19)17(3)4)13-12(14)9(2)10(15)7-16-13/h7H,5-6,8,15H2,1-4H3. The Labute approximate surface area is 122 Å². The number of nitrogens with zero attached hydrogens (tertiary/aromatic N) is 3. The molecule has 0 atom stereocenters. The lowest BCUT2D eigenvalue weighted by Gasteiger charge is -2.26. The van der Waals surface area contributed by atoms with Gasteiger partial charge in [-0.3, -0.25) is 4.79 Å². The summed E-state index contributed by atoms with van der Waals surface area (Å²) in [5.74, 6) is 0.820. The van der Waals surface area contributed by atoms with Crippen molar-refractivity contribution in [2.45, 2.75) is 20.3 Å². The highest BCUT2D eigenvalue weighted by molar-refractivity contribution is 9.10. The fraction of sp³-hybridized carbons (Fsp3) is 0.538. The van der Waals surface area contributed by atoms with Crippen molar-refractivity contribution in [2.24, 2.45) is 0 Å². The molecule has 0 aromatic carbocycles. The van der Waals surface area contributed by atoms with Gasteiger partial charge in [-0.25, -0.2) is 4.98 Å². The zero-order chi connectivity index (χ0) is 14.6. The largest absolute Gasteiger partial charge is 0.397 e. The topological polar surface area (TPSA) is 62.5 Å². The molecule has 2 N–H and O–H groups in total. The van der Waals surface area contributed by atoms with E-state index in [9.17, 15) is 4.79 Å². The van der Waals surface area contributed by atoms with Crippen molar-refractivity contribution in [3.63, 3.8) is 0 Å². The Morgan fingerprint density at radius 1 is 1.47 bits per heavy atom. The summed E-state index contributed by atoms with van der Waals surface area (Å²) in [5.41, 5.74) is 7.42. The predicted octanol–water partition coefficient (Wildman–Crippen LogP) is 2.04. The molecule has 0 unspecified atom stereocenters. The number of rotatable bonds is 5. The Morgan fingerprint density at radius 3 is 2.63 bits per heavy atom. The van der Waals surface area contributed by atoms with Gasteiger partial charge in [0, 0.05) is 20.6 Å².